The molecule has 1 heterocycles. The third-order valence-corrected chi connectivity index (χ3v) is 2.57. The Hall–Kier alpha value is -1.30. The molecule has 0 bridgehead atoms. The Kier molecular flexibility index (Phi) is 4.95. The van der Waals surface area contributed by atoms with E-state index in [4.69, 9.17) is 14.6 Å². The second kappa shape index (κ2) is 6.04. The molecule has 1 fully saturated rings. The van der Waals surface area contributed by atoms with Crippen LogP contribution in [0.5, 0.6) is 0 Å². The Balaban J connectivity index is 2.25. The standard InChI is InChI=1S/C12H21NO5/c1-12(2,3)18-10(14)8-17-7-9-5-4-6-13(9)11(15)16/h9H,4-8H2,1-3H3,(H,15,16). The van der Waals surface area contributed by atoms with Gasteiger partial charge in [-0.3, -0.25) is 0 Å². The van der Waals surface area contributed by atoms with Gasteiger partial charge in [-0.15, -0.1) is 0 Å². The average molecular weight is 259 g/mol. The van der Waals surface area contributed by atoms with Crippen molar-refractivity contribution in [3.8, 4) is 0 Å². The first-order valence-corrected chi connectivity index (χ1v) is 6.09. The van der Waals surface area contributed by atoms with Gasteiger partial charge in [0.2, 0.25) is 0 Å². The van der Waals surface area contributed by atoms with Gasteiger partial charge in [-0.1, -0.05) is 0 Å². The Morgan fingerprint density at radius 3 is 2.61 bits per heavy atom. The number of carboxylic acid groups (broad SMARTS) is 1. The SMILES string of the molecule is CC(C)(C)OC(=O)COCC1CCCN1C(=O)O. The van der Waals surface area contributed by atoms with Crippen molar-refractivity contribution < 1.29 is 24.2 Å². The van der Waals surface area contributed by atoms with Crippen LogP contribution in [0, 0.1) is 0 Å². The molecule has 0 saturated carbocycles. The highest BCUT2D eigenvalue weighted by Gasteiger charge is 2.28. The van der Waals surface area contributed by atoms with Crippen molar-refractivity contribution in [3.05, 3.63) is 0 Å². The van der Waals surface area contributed by atoms with Gasteiger partial charge in [0.15, 0.2) is 0 Å². The van der Waals surface area contributed by atoms with E-state index >= 15 is 0 Å². The summed E-state index contributed by atoms with van der Waals surface area (Å²) in [6, 6.07) is -0.148. The number of hydrogen-bond donors (Lipinski definition) is 1. The van der Waals surface area contributed by atoms with Crippen molar-refractivity contribution in [3.63, 3.8) is 0 Å². The van der Waals surface area contributed by atoms with Crippen molar-refractivity contribution in [2.24, 2.45) is 0 Å². The average Bonchev–Trinajstić information content (AvgIpc) is 2.62. The number of amides is 1. The summed E-state index contributed by atoms with van der Waals surface area (Å²) >= 11 is 0. The molecule has 1 aliphatic heterocycles. The zero-order valence-electron chi connectivity index (χ0n) is 11.1. The molecule has 0 aromatic heterocycles. The number of nitrogens with zero attached hydrogens (tertiary/aromatic N) is 1. The quantitative estimate of drug-likeness (QED) is 0.774. The molecule has 0 aromatic carbocycles. The molecule has 1 N–H and O–H groups in total. The van der Waals surface area contributed by atoms with Gasteiger partial charge in [0, 0.05) is 6.54 Å². The van der Waals surface area contributed by atoms with Gasteiger partial charge in [-0.2, -0.15) is 0 Å². The maximum Gasteiger partial charge on any atom is 0.407 e. The number of ether oxygens (including phenoxy) is 2. The maximum absolute atomic E-state index is 11.4. The lowest BCUT2D eigenvalue weighted by molar-refractivity contribution is -0.160. The smallest absolute Gasteiger partial charge is 0.407 e. The van der Waals surface area contributed by atoms with Crippen LogP contribution in [0.3, 0.4) is 0 Å². The summed E-state index contributed by atoms with van der Waals surface area (Å²) in [7, 11) is 0. The van der Waals surface area contributed by atoms with E-state index in [1.54, 1.807) is 20.8 Å². The molecule has 0 radical (unpaired) electrons. The van der Waals surface area contributed by atoms with Crippen molar-refractivity contribution in [2.45, 2.75) is 45.3 Å². The maximum atomic E-state index is 11.4. The molecule has 1 aliphatic rings. The van der Waals surface area contributed by atoms with Crippen LogP contribution in [-0.4, -0.2) is 53.5 Å². The predicted molar refractivity (Wildman–Crippen MR) is 64.4 cm³/mol. The minimum absolute atomic E-state index is 0.138. The molecule has 104 valence electrons. The van der Waals surface area contributed by atoms with Crippen LogP contribution in [0.25, 0.3) is 0 Å². The Bertz CT molecular complexity index is 310. The van der Waals surface area contributed by atoms with Crippen LogP contribution in [0.4, 0.5) is 4.79 Å². The van der Waals surface area contributed by atoms with E-state index in [2.05, 4.69) is 0 Å². The van der Waals surface area contributed by atoms with Crippen molar-refractivity contribution in [2.75, 3.05) is 19.8 Å². The van der Waals surface area contributed by atoms with E-state index in [1.165, 1.54) is 4.90 Å². The molecular formula is C12H21NO5. The van der Waals surface area contributed by atoms with E-state index in [-0.39, 0.29) is 19.3 Å². The number of rotatable bonds is 4. The Morgan fingerprint density at radius 1 is 1.39 bits per heavy atom. The largest absolute Gasteiger partial charge is 0.465 e. The third kappa shape index (κ3) is 4.91. The van der Waals surface area contributed by atoms with Crippen LogP contribution in [-0.2, 0) is 14.3 Å². The number of carbonyl (C=O) groups is 2. The second-order valence-corrected chi connectivity index (χ2v) is 5.37. The highest BCUT2D eigenvalue weighted by Crippen LogP contribution is 2.17. The van der Waals surface area contributed by atoms with E-state index in [1.807, 2.05) is 0 Å². The van der Waals surface area contributed by atoms with Gasteiger partial charge in [0.1, 0.15) is 12.2 Å². The van der Waals surface area contributed by atoms with Crippen LogP contribution in [0.15, 0.2) is 0 Å². The Morgan fingerprint density at radius 2 is 2.06 bits per heavy atom. The lowest BCUT2D eigenvalue weighted by Crippen LogP contribution is -2.38. The topological polar surface area (TPSA) is 76.1 Å². The van der Waals surface area contributed by atoms with E-state index < -0.39 is 17.7 Å². The summed E-state index contributed by atoms with van der Waals surface area (Å²) in [5.74, 6) is -0.428. The fraction of sp³-hybridized carbons (Fsp3) is 0.833. The fourth-order valence-corrected chi connectivity index (χ4v) is 1.91. The van der Waals surface area contributed by atoms with Gasteiger partial charge >= 0.3 is 12.1 Å². The van der Waals surface area contributed by atoms with Gasteiger partial charge in [-0.05, 0) is 33.6 Å². The summed E-state index contributed by atoms with van der Waals surface area (Å²) < 4.78 is 10.3. The summed E-state index contributed by atoms with van der Waals surface area (Å²) in [6.45, 7) is 6.00. The highest BCUT2D eigenvalue weighted by molar-refractivity contribution is 5.71. The zero-order valence-corrected chi connectivity index (χ0v) is 11.1. The fourth-order valence-electron chi connectivity index (χ4n) is 1.91. The van der Waals surface area contributed by atoms with Gasteiger partial charge < -0.3 is 19.5 Å². The zero-order chi connectivity index (χ0) is 13.8. The highest BCUT2D eigenvalue weighted by atomic mass is 16.6. The third-order valence-electron chi connectivity index (χ3n) is 2.57. The number of carbonyl (C=O) groups excluding carboxylic acids is 1. The number of esters is 1. The number of hydrogen-bond acceptors (Lipinski definition) is 4. The molecule has 6 nitrogen and oxygen atoms in total. The molecule has 0 spiro atoms. The van der Waals surface area contributed by atoms with Gasteiger partial charge in [0.05, 0.1) is 12.6 Å². The minimum atomic E-state index is -0.932. The van der Waals surface area contributed by atoms with Crippen molar-refractivity contribution in [1.82, 2.24) is 4.90 Å². The summed E-state index contributed by atoms with van der Waals surface area (Å²) in [4.78, 5) is 23.6. The van der Waals surface area contributed by atoms with E-state index in [9.17, 15) is 9.59 Å². The number of likely N-dealkylation sites (tertiary alicyclic amines) is 1. The lowest BCUT2D eigenvalue weighted by atomic mass is 10.2. The molecule has 0 aromatic rings. The van der Waals surface area contributed by atoms with Gasteiger partial charge in [-0.25, -0.2) is 9.59 Å². The molecule has 0 aliphatic carbocycles. The minimum Gasteiger partial charge on any atom is -0.465 e. The second-order valence-electron chi connectivity index (χ2n) is 5.37. The Labute approximate surface area is 107 Å². The first kappa shape index (κ1) is 14.8. The van der Waals surface area contributed by atoms with Crippen molar-refractivity contribution in [1.29, 1.82) is 0 Å². The molecule has 1 atom stereocenters. The molecule has 6 heteroatoms. The molecule has 18 heavy (non-hydrogen) atoms. The lowest BCUT2D eigenvalue weighted by Gasteiger charge is -2.22. The van der Waals surface area contributed by atoms with Crippen molar-refractivity contribution >= 4 is 12.1 Å². The molecule has 1 unspecified atom stereocenters. The first-order valence-electron chi connectivity index (χ1n) is 6.09. The van der Waals surface area contributed by atoms with Gasteiger partial charge in [0.25, 0.3) is 0 Å². The molecule has 1 rings (SSSR count). The van der Waals surface area contributed by atoms with Crippen LogP contribution >= 0.6 is 0 Å². The summed E-state index contributed by atoms with van der Waals surface area (Å²) in [5.41, 5.74) is -0.527. The van der Waals surface area contributed by atoms with Crippen LogP contribution in [0.2, 0.25) is 0 Å². The molecule has 1 amide bonds. The summed E-state index contributed by atoms with van der Waals surface area (Å²) in [5, 5.41) is 8.92. The molecular weight excluding hydrogens is 238 g/mol. The predicted octanol–water partition coefficient (Wildman–Crippen LogP) is 1.49. The van der Waals surface area contributed by atoms with E-state index in [0.717, 1.165) is 12.8 Å². The monoisotopic (exact) mass is 259 g/mol. The van der Waals surface area contributed by atoms with E-state index in [0.29, 0.717) is 6.54 Å². The first-order chi connectivity index (χ1) is 8.29. The molecule has 1 saturated heterocycles. The summed E-state index contributed by atoms with van der Waals surface area (Å²) in [6.07, 6.45) is 0.686. The van der Waals surface area contributed by atoms with Crippen LogP contribution < -0.4 is 0 Å². The van der Waals surface area contributed by atoms with Crippen LogP contribution in [0.1, 0.15) is 33.6 Å². The normalized spacial score (nSPS) is 19.9.